The first-order valence-electron chi connectivity index (χ1n) is 16.2. The molecule has 3 amide bonds. The molecule has 0 aromatic heterocycles. The number of unbranched alkanes of at least 4 members (excludes halogenated alkanes) is 12. The van der Waals surface area contributed by atoms with Gasteiger partial charge in [-0.15, -0.1) is 5.06 Å². The van der Waals surface area contributed by atoms with Crippen molar-refractivity contribution in [3.8, 4) is 0 Å². The van der Waals surface area contributed by atoms with E-state index in [0.29, 0.717) is 64.3 Å². The van der Waals surface area contributed by atoms with Gasteiger partial charge >= 0.3 is 5.97 Å². The van der Waals surface area contributed by atoms with Crippen LogP contribution in [0.15, 0.2) is 0 Å². The Hall–Kier alpha value is -2.08. The van der Waals surface area contributed by atoms with Gasteiger partial charge in [0, 0.05) is 25.8 Å². The average molecular weight is 601 g/mol. The summed E-state index contributed by atoms with van der Waals surface area (Å²) in [5, 5.41) is 3.42. The van der Waals surface area contributed by atoms with Crippen molar-refractivity contribution in [1.82, 2.24) is 10.4 Å². The van der Waals surface area contributed by atoms with Crippen molar-refractivity contribution < 1.29 is 43.0 Å². The molecular weight excluding hydrogens is 544 g/mol. The van der Waals surface area contributed by atoms with E-state index in [9.17, 15) is 19.2 Å². The predicted molar refractivity (Wildman–Crippen MR) is 158 cm³/mol. The number of hydroxylamine groups is 2. The Morgan fingerprint density at radius 3 is 1.52 bits per heavy atom. The zero-order chi connectivity index (χ0) is 30.5. The number of nitrogens with one attached hydrogen (secondary N) is 1. The minimum Gasteiger partial charge on any atom is -0.378 e. The van der Waals surface area contributed by atoms with Crippen LogP contribution >= 0.6 is 0 Å². The Morgan fingerprint density at radius 1 is 0.595 bits per heavy atom. The molecule has 11 nitrogen and oxygen atoms in total. The molecule has 0 spiro atoms. The minimum absolute atomic E-state index is 0.0654. The topological polar surface area (TPSA) is 130 Å². The van der Waals surface area contributed by atoms with Gasteiger partial charge in [0.1, 0.15) is 0 Å². The van der Waals surface area contributed by atoms with Crippen LogP contribution in [0.5, 0.6) is 0 Å². The summed E-state index contributed by atoms with van der Waals surface area (Å²) in [6, 6.07) is 0. The molecule has 0 aromatic rings. The summed E-state index contributed by atoms with van der Waals surface area (Å²) < 4.78 is 21.6. The van der Waals surface area contributed by atoms with Gasteiger partial charge in [-0.05, 0) is 6.42 Å². The van der Waals surface area contributed by atoms with Crippen LogP contribution in [-0.4, -0.2) is 88.2 Å². The van der Waals surface area contributed by atoms with E-state index >= 15 is 0 Å². The second-order valence-corrected chi connectivity index (χ2v) is 10.6. The molecule has 0 bridgehead atoms. The quantitative estimate of drug-likeness (QED) is 0.0925. The van der Waals surface area contributed by atoms with E-state index < -0.39 is 17.8 Å². The summed E-state index contributed by atoms with van der Waals surface area (Å²) in [6.07, 6.45) is 17.5. The normalized spacial score (nSPS) is 13.2. The van der Waals surface area contributed by atoms with Gasteiger partial charge in [-0.2, -0.15) is 0 Å². The molecule has 42 heavy (non-hydrogen) atoms. The van der Waals surface area contributed by atoms with Gasteiger partial charge in [0.05, 0.1) is 59.3 Å². The molecule has 0 atom stereocenters. The summed E-state index contributed by atoms with van der Waals surface area (Å²) in [5.41, 5.74) is 0. The fraction of sp³-hybridized carbons (Fsp3) is 0.871. The first-order chi connectivity index (χ1) is 20.5. The minimum atomic E-state index is -0.692. The lowest BCUT2D eigenvalue weighted by atomic mass is 10.0. The number of ether oxygens (including phenoxy) is 4. The van der Waals surface area contributed by atoms with Crippen molar-refractivity contribution in [2.75, 3.05) is 59.4 Å². The second kappa shape index (κ2) is 27.7. The molecule has 1 rings (SSSR count). The maximum Gasteiger partial charge on any atom is 0.335 e. The summed E-state index contributed by atoms with van der Waals surface area (Å²) in [5.74, 6) is -1.61. The third-order valence-electron chi connectivity index (χ3n) is 6.84. The Kier molecular flexibility index (Phi) is 25.1. The highest BCUT2D eigenvalue weighted by Crippen LogP contribution is 2.13. The number of nitrogens with zero attached hydrogens (tertiary/aromatic N) is 1. The van der Waals surface area contributed by atoms with Crippen LogP contribution in [0.3, 0.4) is 0 Å². The van der Waals surface area contributed by atoms with Crippen LogP contribution in [0.2, 0.25) is 0 Å². The smallest absolute Gasteiger partial charge is 0.335 e. The molecule has 1 N–H and O–H groups in total. The Morgan fingerprint density at radius 2 is 1.02 bits per heavy atom. The Bertz CT molecular complexity index is 705. The highest BCUT2D eigenvalue weighted by molar-refractivity contribution is 6.01. The first-order valence-corrected chi connectivity index (χ1v) is 16.2. The predicted octanol–water partition coefficient (Wildman–Crippen LogP) is 4.65. The van der Waals surface area contributed by atoms with E-state index in [0.717, 1.165) is 12.8 Å². The van der Waals surface area contributed by atoms with E-state index in [1.807, 2.05) is 0 Å². The van der Waals surface area contributed by atoms with Crippen molar-refractivity contribution in [1.29, 1.82) is 0 Å². The molecule has 1 saturated heterocycles. The lowest BCUT2D eigenvalue weighted by molar-refractivity contribution is -0.198. The van der Waals surface area contributed by atoms with E-state index in [-0.39, 0.29) is 31.8 Å². The number of amides is 3. The summed E-state index contributed by atoms with van der Waals surface area (Å²) >= 11 is 0. The number of carbonyl (C=O) groups excluding carboxylic acids is 4. The van der Waals surface area contributed by atoms with Crippen molar-refractivity contribution in [3.63, 3.8) is 0 Å². The highest BCUT2D eigenvalue weighted by Gasteiger charge is 2.32. The molecule has 244 valence electrons. The van der Waals surface area contributed by atoms with Gasteiger partial charge in [-0.1, -0.05) is 84.0 Å². The molecule has 0 saturated carbocycles. The maximum absolute atomic E-state index is 11.9. The van der Waals surface area contributed by atoms with Gasteiger partial charge in [-0.25, -0.2) is 4.79 Å². The monoisotopic (exact) mass is 600 g/mol. The lowest BCUT2D eigenvalue weighted by Gasteiger charge is -2.12. The van der Waals surface area contributed by atoms with E-state index in [4.69, 9.17) is 23.8 Å². The van der Waals surface area contributed by atoms with E-state index in [1.165, 1.54) is 70.6 Å². The maximum atomic E-state index is 11.9. The molecule has 11 heteroatoms. The summed E-state index contributed by atoms with van der Waals surface area (Å²) in [7, 11) is 0. The Balaban J connectivity index is 1.73. The van der Waals surface area contributed by atoms with E-state index in [1.54, 1.807) is 0 Å². The summed E-state index contributed by atoms with van der Waals surface area (Å²) in [4.78, 5) is 51.1. The molecular formula is C31H56N2O9. The third-order valence-corrected chi connectivity index (χ3v) is 6.84. The number of carbonyl (C=O) groups is 4. The molecule has 1 heterocycles. The van der Waals surface area contributed by atoms with Gasteiger partial charge in [0.2, 0.25) is 5.91 Å². The van der Waals surface area contributed by atoms with Crippen LogP contribution in [0.1, 0.15) is 116 Å². The fourth-order valence-corrected chi connectivity index (χ4v) is 4.38. The Labute approximate surface area is 252 Å². The number of hydrogen-bond donors (Lipinski definition) is 1. The molecule has 1 aliphatic rings. The van der Waals surface area contributed by atoms with Crippen LogP contribution in [0, 0.1) is 0 Å². The summed E-state index contributed by atoms with van der Waals surface area (Å²) in [6.45, 7) is 5.68. The van der Waals surface area contributed by atoms with Crippen molar-refractivity contribution >= 4 is 23.7 Å². The lowest BCUT2D eigenvalue weighted by Crippen LogP contribution is -2.32. The third kappa shape index (κ3) is 22.5. The molecule has 0 unspecified atom stereocenters. The van der Waals surface area contributed by atoms with Crippen LogP contribution in [0.25, 0.3) is 0 Å². The van der Waals surface area contributed by atoms with Gasteiger partial charge in [-0.3, -0.25) is 14.4 Å². The molecule has 0 aromatic carbocycles. The molecule has 1 fully saturated rings. The SMILES string of the molecule is CCCCCCCCCCCCCCCC(=O)NCCOCCOCCOCCOCCC(=O)ON1C(=O)CCC1=O. The zero-order valence-corrected chi connectivity index (χ0v) is 26.0. The number of hydrogen-bond acceptors (Lipinski definition) is 9. The fourth-order valence-electron chi connectivity index (χ4n) is 4.38. The number of imide groups is 1. The van der Waals surface area contributed by atoms with Crippen molar-refractivity contribution in [2.45, 2.75) is 116 Å². The average Bonchev–Trinajstić information content (AvgIpc) is 3.29. The standard InChI is InChI=1S/C31H56N2O9/c1-2-3-4-5-6-7-8-9-10-11-12-13-14-15-28(34)32-19-21-39-23-25-41-27-26-40-24-22-38-20-18-31(37)42-33-29(35)16-17-30(33)36/h2-27H2,1H3,(H,32,34). The number of rotatable bonds is 30. The van der Waals surface area contributed by atoms with Crippen molar-refractivity contribution in [2.24, 2.45) is 0 Å². The van der Waals surface area contributed by atoms with Crippen LogP contribution in [-0.2, 0) is 43.0 Å². The molecule has 0 aliphatic carbocycles. The van der Waals surface area contributed by atoms with Crippen molar-refractivity contribution in [3.05, 3.63) is 0 Å². The van der Waals surface area contributed by atoms with Gasteiger partial charge < -0.3 is 29.1 Å². The zero-order valence-electron chi connectivity index (χ0n) is 26.0. The second-order valence-electron chi connectivity index (χ2n) is 10.6. The van der Waals surface area contributed by atoms with E-state index in [2.05, 4.69) is 12.2 Å². The molecule has 1 aliphatic heterocycles. The first kappa shape index (κ1) is 37.9. The van der Waals surface area contributed by atoms with Crippen LogP contribution < -0.4 is 5.32 Å². The van der Waals surface area contributed by atoms with Crippen LogP contribution in [0.4, 0.5) is 0 Å². The molecule has 0 radical (unpaired) electrons. The van der Waals surface area contributed by atoms with Gasteiger partial charge in [0.15, 0.2) is 0 Å². The van der Waals surface area contributed by atoms with Gasteiger partial charge in [0.25, 0.3) is 11.8 Å². The largest absolute Gasteiger partial charge is 0.378 e. The highest BCUT2D eigenvalue weighted by atomic mass is 16.7.